The average Bonchev–Trinajstić information content (AvgIpc) is 2.61. The highest BCUT2D eigenvalue weighted by atomic mass is 19.1. The van der Waals surface area contributed by atoms with Crippen LogP contribution in [0.4, 0.5) is 4.39 Å². The van der Waals surface area contributed by atoms with E-state index in [0.717, 1.165) is 37.9 Å². The summed E-state index contributed by atoms with van der Waals surface area (Å²) in [6.45, 7) is 7.85. The minimum Gasteiger partial charge on any atom is -0.341 e. The van der Waals surface area contributed by atoms with Crippen molar-refractivity contribution in [3.63, 3.8) is 0 Å². The molecule has 1 aliphatic rings. The summed E-state index contributed by atoms with van der Waals surface area (Å²) in [6, 6.07) is 8.82. The number of halogens is 1. The van der Waals surface area contributed by atoms with Crippen molar-refractivity contribution in [3.8, 4) is 6.07 Å². The minimum atomic E-state index is -0.219. The van der Waals surface area contributed by atoms with Gasteiger partial charge in [-0.25, -0.2) is 4.39 Å². The topological polar surface area (TPSA) is 47.3 Å². The number of likely N-dealkylation sites (tertiary alicyclic amines) is 1. The summed E-state index contributed by atoms with van der Waals surface area (Å²) in [5, 5.41) is 8.89. The van der Waals surface area contributed by atoms with E-state index in [9.17, 15) is 9.18 Å². The highest BCUT2D eigenvalue weighted by Crippen LogP contribution is 2.21. The van der Waals surface area contributed by atoms with Crippen LogP contribution in [0.15, 0.2) is 24.3 Å². The van der Waals surface area contributed by atoms with Crippen LogP contribution in [0.5, 0.6) is 0 Å². The van der Waals surface area contributed by atoms with Crippen molar-refractivity contribution in [1.82, 2.24) is 9.80 Å². The summed E-state index contributed by atoms with van der Waals surface area (Å²) < 4.78 is 13.4. The lowest BCUT2D eigenvalue weighted by molar-refractivity contribution is -0.137. The van der Waals surface area contributed by atoms with Gasteiger partial charge in [0.05, 0.1) is 18.4 Å². The molecule has 0 N–H and O–H groups in total. The van der Waals surface area contributed by atoms with Crippen LogP contribution < -0.4 is 0 Å². The molecule has 2 rings (SSSR count). The van der Waals surface area contributed by atoms with E-state index >= 15 is 0 Å². The normalized spacial score (nSPS) is 17.9. The van der Waals surface area contributed by atoms with Crippen molar-refractivity contribution in [2.45, 2.75) is 46.1 Å². The Bertz CT molecular complexity index is 626. The van der Waals surface area contributed by atoms with Crippen molar-refractivity contribution in [1.29, 1.82) is 5.26 Å². The third-order valence-corrected chi connectivity index (χ3v) is 4.93. The van der Waals surface area contributed by atoms with Gasteiger partial charge < -0.3 is 4.90 Å². The largest absolute Gasteiger partial charge is 0.341 e. The Balaban J connectivity index is 1.96. The van der Waals surface area contributed by atoms with Crippen molar-refractivity contribution >= 4 is 5.91 Å². The average molecular weight is 359 g/mol. The van der Waals surface area contributed by atoms with Gasteiger partial charge in [0.15, 0.2) is 0 Å². The number of nitrogens with zero attached hydrogens (tertiary/aromatic N) is 3. The second kappa shape index (κ2) is 10.3. The maximum Gasteiger partial charge on any atom is 0.227 e. The molecule has 0 spiro atoms. The minimum absolute atomic E-state index is 0.0248. The van der Waals surface area contributed by atoms with Crippen molar-refractivity contribution in [2.24, 2.45) is 11.8 Å². The molecule has 1 aliphatic heterocycles. The fraction of sp³-hybridized carbons (Fsp3) is 0.619. The smallest absolute Gasteiger partial charge is 0.227 e. The second-order valence-electron chi connectivity index (χ2n) is 7.62. The van der Waals surface area contributed by atoms with Crippen LogP contribution in [0.1, 0.15) is 45.1 Å². The lowest BCUT2D eigenvalue weighted by atomic mass is 9.95. The fourth-order valence-electron chi connectivity index (χ4n) is 3.48. The first kappa shape index (κ1) is 20.4. The lowest BCUT2D eigenvalue weighted by Gasteiger charge is -2.35. The zero-order valence-corrected chi connectivity index (χ0v) is 16.0. The predicted molar refractivity (Wildman–Crippen MR) is 101 cm³/mol. The lowest BCUT2D eigenvalue weighted by Crippen LogP contribution is -2.45. The number of amides is 1. The van der Waals surface area contributed by atoms with Crippen LogP contribution in [-0.4, -0.2) is 41.9 Å². The van der Waals surface area contributed by atoms with Gasteiger partial charge in [0, 0.05) is 26.2 Å². The van der Waals surface area contributed by atoms with Crippen molar-refractivity contribution < 1.29 is 9.18 Å². The molecule has 0 radical (unpaired) electrons. The third-order valence-electron chi connectivity index (χ3n) is 4.93. The van der Waals surface area contributed by atoms with Crippen LogP contribution in [0.25, 0.3) is 0 Å². The Morgan fingerprint density at radius 3 is 2.92 bits per heavy atom. The first-order valence-corrected chi connectivity index (χ1v) is 9.62. The Morgan fingerprint density at radius 1 is 1.42 bits per heavy atom. The van der Waals surface area contributed by atoms with E-state index in [1.807, 2.05) is 11.0 Å². The highest BCUT2D eigenvalue weighted by Gasteiger charge is 2.29. The Hall–Kier alpha value is -1.93. The molecule has 4 nitrogen and oxygen atoms in total. The maximum absolute atomic E-state index is 13.4. The van der Waals surface area contributed by atoms with Gasteiger partial charge in [-0.05, 0) is 49.4 Å². The second-order valence-corrected chi connectivity index (χ2v) is 7.62. The molecule has 0 aromatic heterocycles. The first-order chi connectivity index (χ1) is 12.5. The molecule has 0 saturated carbocycles. The van der Waals surface area contributed by atoms with Gasteiger partial charge in [0.1, 0.15) is 5.82 Å². The van der Waals surface area contributed by atoms with Gasteiger partial charge in [0.25, 0.3) is 0 Å². The number of hydrogen-bond donors (Lipinski definition) is 0. The Morgan fingerprint density at radius 2 is 2.23 bits per heavy atom. The Kier molecular flexibility index (Phi) is 8.06. The standard InChI is InChI=1S/C21H30FN3O/c1-17(2)9-13-25(12-5-10-23)21(26)19-7-4-11-24(16-19)15-18-6-3-8-20(22)14-18/h3,6,8,14,17,19H,4-5,7,9,11-13,15-16H2,1-2H3. The van der Waals surface area contributed by atoms with E-state index in [4.69, 9.17) is 5.26 Å². The van der Waals surface area contributed by atoms with Gasteiger partial charge in [-0.15, -0.1) is 0 Å². The quantitative estimate of drug-likeness (QED) is 0.709. The van der Waals surface area contributed by atoms with Crippen LogP contribution >= 0.6 is 0 Å². The van der Waals surface area contributed by atoms with Crippen molar-refractivity contribution in [2.75, 3.05) is 26.2 Å². The van der Waals surface area contributed by atoms with Crippen LogP contribution in [0.3, 0.4) is 0 Å². The van der Waals surface area contributed by atoms with E-state index < -0.39 is 0 Å². The van der Waals surface area contributed by atoms with E-state index in [2.05, 4.69) is 24.8 Å². The molecule has 5 heteroatoms. The molecule has 26 heavy (non-hydrogen) atoms. The third kappa shape index (κ3) is 6.42. The molecule has 1 atom stereocenters. The van der Waals surface area contributed by atoms with Gasteiger partial charge in [0.2, 0.25) is 5.91 Å². The molecular weight excluding hydrogens is 329 g/mol. The Labute approximate surface area is 156 Å². The maximum atomic E-state index is 13.4. The van der Waals surface area contributed by atoms with Crippen LogP contribution in [0, 0.1) is 29.0 Å². The van der Waals surface area contributed by atoms with Gasteiger partial charge in [-0.1, -0.05) is 26.0 Å². The molecule has 1 fully saturated rings. The van der Waals surface area contributed by atoms with Crippen LogP contribution in [-0.2, 0) is 11.3 Å². The van der Waals surface area contributed by atoms with Crippen molar-refractivity contribution in [3.05, 3.63) is 35.6 Å². The molecule has 0 aliphatic carbocycles. The molecule has 0 bridgehead atoms. The zero-order valence-electron chi connectivity index (χ0n) is 16.0. The summed E-state index contributed by atoms with van der Waals surface area (Å²) in [5.41, 5.74) is 0.944. The monoisotopic (exact) mass is 359 g/mol. The molecule has 1 unspecified atom stereocenters. The first-order valence-electron chi connectivity index (χ1n) is 9.62. The summed E-state index contributed by atoms with van der Waals surface area (Å²) >= 11 is 0. The summed E-state index contributed by atoms with van der Waals surface area (Å²) in [6.07, 6.45) is 3.20. The van der Waals surface area contributed by atoms with E-state index in [0.29, 0.717) is 32.0 Å². The van der Waals surface area contributed by atoms with Gasteiger partial charge in [-0.3, -0.25) is 9.69 Å². The van der Waals surface area contributed by atoms with Crippen LogP contribution in [0.2, 0.25) is 0 Å². The molecule has 1 aromatic rings. The highest BCUT2D eigenvalue weighted by molar-refractivity contribution is 5.79. The summed E-state index contributed by atoms with van der Waals surface area (Å²) in [4.78, 5) is 17.1. The molecule has 142 valence electrons. The summed E-state index contributed by atoms with van der Waals surface area (Å²) in [7, 11) is 0. The zero-order chi connectivity index (χ0) is 18.9. The molecule has 1 aromatic carbocycles. The number of hydrogen-bond acceptors (Lipinski definition) is 3. The molecule has 1 saturated heterocycles. The summed E-state index contributed by atoms with van der Waals surface area (Å²) in [5.74, 6) is 0.458. The fourth-order valence-corrected chi connectivity index (χ4v) is 3.48. The number of carbonyl (C=O) groups excluding carboxylic acids is 1. The number of piperidine rings is 1. The van der Waals surface area contributed by atoms with Gasteiger partial charge >= 0.3 is 0 Å². The number of benzene rings is 1. The predicted octanol–water partition coefficient (Wildman–Crippen LogP) is 3.83. The number of rotatable bonds is 8. The molecular formula is C21H30FN3O. The number of nitriles is 1. The van der Waals surface area contributed by atoms with Gasteiger partial charge in [-0.2, -0.15) is 5.26 Å². The van der Waals surface area contributed by atoms with E-state index in [1.165, 1.54) is 6.07 Å². The SMILES string of the molecule is CC(C)CCN(CCC#N)C(=O)C1CCCN(Cc2cccc(F)c2)C1. The number of carbonyl (C=O) groups is 1. The van der Waals surface area contributed by atoms with E-state index in [-0.39, 0.29) is 17.6 Å². The molecule has 1 amide bonds. The van der Waals surface area contributed by atoms with E-state index in [1.54, 1.807) is 12.1 Å². The molecule has 1 heterocycles.